The van der Waals surface area contributed by atoms with Crippen molar-refractivity contribution in [2.45, 2.75) is 23.8 Å². The molecule has 1 aromatic rings. The topological polar surface area (TPSA) is 125 Å². The van der Waals surface area contributed by atoms with E-state index in [-0.39, 0.29) is 23.4 Å². The molecule has 1 rings (SSSR count). The Kier molecular flexibility index (Phi) is 5.69. The summed E-state index contributed by atoms with van der Waals surface area (Å²) in [4.78, 5) is -0.165. The van der Waals surface area contributed by atoms with Gasteiger partial charge in [0.1, 0.15) is 6.07 Å². The Labute approximate surface area is 124 Å². The van der Waals surface area contributed by atoms with Gasteiger partial charge < -0.3 is 15.6 Å². The molecule has 8 heteroatoms. The van der Waals surface area contributed by atoms with Crippen LogP contribution in [0.1, 0.15) is 18.9 Å². The molecule has 0 saturated heterocycles. The third-order valence-electron chi connectivity index (χ3n) is 2.90. The summed E-state index contributed by atoms with van der Waals surface area (Å²) < 4.78 is 31.5. The molecule has 0 aromatic heterocycles. The highest BCUT2D eigenvalue weighted by molar-refractivity contribution is 7.89. The van der Waals surface area contributed by atoms with E-state index in [0.29, 0.717) is 12.3 Å². The minimum atomic E-state index is -3.91. The van der Waals surface area contributed by atoms with Crippen LogP contribution in [0.5, 0.6) is 0 Å². The van der Waals surface area contributed by atoms with Gasteiger partial charge in [-0.2, -0.15) is 5.26 Å². The van der Waals surface area contributed by atoms with Crippen molar-refractivity contribution in [3.05, 3.63) is 23.8 Å². The molecule has 21 heavy (non-hydrogen) atoms. The second kappa shape index (κ2) is 6.87. The molecular weight excluding hydrogens is 294 g/mol. The van der Waals surface area contributed by atoms with Crippen molar-refractivity contribution in [3.63, 3.8) is 0 Å². The Hall–Kier alpha value is -1.66. The SMILES string of the molecule is COCCC(C)(O)CNS(=O)(=O)c1ccc(N)cc1C#N. The Bertz CT molecular complexity index is 635. The van der Waals surface area contributed by atoms with Crippen LogP contribution in [-0.4, -0.2) is 39.4 Å². The van der Waals surface area contributed by atoms with Gasteiger partial charge in [-0.05, 0) is 25.1 Å². The van der Waals surface area contributed by atoms with Crippen molar-refractivity contribution in [1.82, 2.24) is 4.72 Å². The Morgan fingerprint density at radius 1 is 1.52 bits per heavy atom. The monoisotopic (exact) mass is 313 g/mol. The molecule has 0 aliphatic rings. The second-order valence-corrected chi connectivity index (χ2v) is 6.67. The van der Waals surface area contributed by atoms with Crippen LogP contribution in [0.2, 0.25) is 0 Å². The molecule has 4 N–H and O–H groups in total. The zero-order valence-corrected chi connectivity index (χ0v) is 12.8. The first kappa shape index (κ1) is 17.4. The maximum Gasteiger partial charge on any atom is 0.241 e. The minimum Gasteiger partial charge on any atom is -0.399 e. The van der Waals surface area contributed by atoms with Crippen LogP contribution >= 0.6 is 0 Å². The lowest BCUT2D eigenvalue weighted by Gasteiger charge is -2.23. The van der Waals surface area contributed by atoms with Crippen molar-refractivity contribution in [1.29, 1.82) is 5.26 Å². The number of aliphatic hydroxyl groups is 1. The van der Waals surface area contributed by atoms with Gasteiger partial charge in [0.05, 0.1) is 16.1 Å². The Morgan fingerprint density at radius 2 is 2.19 bits per heavy atom. The number of ether oxygens (including phenoxy) is 1. The first-order valence-corrected chi connectivity index (χ1v) is 7.71. The van der Waals surface area contributed by atoms with E-state index in [1.165, 1.54) is 32.2 Å². The molecule has 7 nitrogen and oxygen atoms in total. The van der Waals surface area contributed by atoms with Crippen LogP contribution < -0.4 is 10.5 Å². The van der Waals surface area contributed by atoms with Crippen LogP contribution in [-0.2, 0) is 14.8 Å². The minimum absolute atomic E-state index is 0.0426. The first-order chi connectivity index (χ1) is 9.72. The lowest BCUT2D eigenvalue weighted by Crippen LogP contribution is -2.41. The summed E-state index contributed by atoms with van der Waals surface area (Å²) in [5, 5.41) is 19.0. The average Bonchev–Trinajstić information content (AvgIpc) is 2.43. The lowest BCUT2D eigenvalue weighted by atomic mass is 10.0. The average molecular weight is 313 g/mol. The second-order valence-electron chi connectivity index (χ2n) is 4.93. The van der Waals surface area contributed by atoms with Crippen molar-refractivity contribution < 1.29 is 18.3 Å². The van der Waals surface area contributed by atoms with Crippen molar-refractivity contribution >= 4 is 15.7 Å². The van der Waals surface area contributed by atoms with Gasteiger partial charge in [-0.25, -0.2) is 13.1 Å². The third kappa shape index (κ3) is 4.99. The number of nitrogens with one attached hydrogen (secondary N) is 1. The van der Waals surface area contributed by atoms with Gasteiger partial charge in [-0.3, -0.25) is 0 Å². The normalized spacial score (nSPS) is 14.4. The highest BCUT2D eigenvalue weighted by Gasteiger charge is 2.25. The van der Waals surface area contributed by atoms with Crippen molar-refractivity contribution in [3.8, 4) is 6.07 Å². The number of sulfonamides is 1. The fraction of sp³-hybridized carbons (Fsp3) is 0.462. The van der Waals surface area contributed by atoms with Gasteiger partial charge in [0, 0.05) is 32.4 Å². The van der Waals surface area contributed by atoms with Gasteiger partial charge in [0.15, 0.2) is 0 Å². The molecule has 1 unspecified atom stereocenters. The number of benzene rings is 1. The van der Waals surface area contributed by atoms with Crippen molar-refractivity contribution in [2.75, 3.05) is 26.0 Å². The molecule has 0 aliphatic carbocycles. The molecule has 0 aliphatic heterocycles. The van der Waals surface area contributed by atoms with E-state index in [1.54, 1.807) is 6.07 Å². The zero-order chi connectivity index (χ0) is 16.1. The Morgan fingerprint density at radius 3 is 2.76 bits per heavy atom. The molecule has 0 saturated carbocycles. The van der Waals surface area contributed by atoms with Crippen molar-refractivity contribution in [2.24, 2.45) is 0 Å². The predicted octanol–water partition coefficient (Wildman–Crippen LogP) is 0.206. The first-order valence-electron chi connectivity index (χ1n) is 6.22. The van der Waals surface area contributed by atoms with Crippen LogP contribution in [0.4, 0.5) is 5.69 Å². The number of anilines is 1. The molecule has 0 fully saturated rings. The molecule has 0 amide bonds. The van der Waals surface area contributed by atoms with Gasteiger partial charge in [-0.1, -0.05) is 0 Å². The summed E-state index contributed by atoms with van der Waals surface area (Å²) in [5.74, 6) is 0. The van der Waals surface area contributed by atoms with Gasteiger partial charge in [0.25, 0.3) is 0 Å². The number of nitriles is 1. The fourth-order valence-electron chi connectivity index (χ4n) is 1.61. The summed E-state index contributed by atoms with van der Waals surface area (Å²) in [7, 11) is -2.41. The van der Waals surface area contributed by atoms with E-state index >= 15 is 0 Å². The summed E-state index contributed by atoms with van der Waals surface area (Å²) in [6.45, 7) is 1.62. The fourth-order valence-corrected chi connectivity index (χ4v) is 2.91. The van der Waals surface area contributed by atoms with Crippen LogP contribution in [0.3, 0.4) is 0 Å². The molecule has 1 atom stereocenters. The van der Waals surface area contributed by atoms with E-state index < -0.39 is 15.6 Å². The van der Waals surface area contributed by atoms with Crippen LogP contribution in [0, 0.1) is 11.3 Å². The van der Waals surface area contributed by atoms with Gasteiger partial charge in [0.2, 0.25) is 10.0 Å². The maximum absolute atomic E-state index is 12.2. The number of hydrogen-bond acceptors (Lipinski definition) is 6. The number of hydrogen-bond donors (Lipinski definition) is 3. The largest absolute Gasteiger partial charge is 0.399 e. The predicted molar refractivity (Wildman–Crippen MR) is 77.9 cm³/mol. The highest BCUT2D eigenvalue weighted by Crippen LogP contribution is 2.18. The van der Waals surface area contributed by atoms with E-state index in [2.05, 4.69) is 4.72 Å². The highest BCUT2D eigenvalue weighted by atomic mass is 32.2. The summed E-state index contributed by atoms with van der Waals surface area (Å²) in [6.07, 6.45) is 0.277. The number of nitrogen functional groups attached to an aromatic ring is 1. The smallest absolute Gasteiger partial charge is 0.241 e. The summed E-state index contributed by atoms with van der Waals surface area (Å²) >= 11 is 0. The number of nitrogens with zero attached hydrogens (tertiary/aromatic N) is 1. The molecular formula is C13H19N3O4S. The molecule has 0 spiro atoms. The molecule has 116 valence electrons. The van der Waals surface area contributed by atoms with E-state index in [0.717, 1.165) is 0 Å². The van der Waals surface area contributed by atoms with Gasteiger partial charge >= 0.3 is 0 Å². The molecule has 0 bridgehead atoms. The van der Waals surface area contributed by atoms with Crippen LogP contribution in [0.25, 0.3) is 0 Å². The Balaban J connectivity index is 2.91. The summed E-state index contributed by atoms with van der Waals surface area (Å²) in [5.41, 5.74) is 4.54. The van der Waals surface area contributed by atoms with E-state index in [4.69, 9.17) is 15.7 Å². The van der Waals surface area contributed by atoms with Gasteiger partial charge in [-0.15, -0.1) is 0 Å². The maximum atomic E-state index is 12.2. The summed E-state index contributed by atoms with van der Waals surface area (Å²) in [6, 6.07) is 5.75. The van der Waals surface area contributed by atoms with E-state index in [1.807, 2.05) is 0 Å². The molecule has 0 heterocycles. The standard InChI is InChI=1S/C13H19N3O4S/c1-13(17,5-6-20-2)9-16-21(18,19)12-4-3-11(15)7-10(12)8-14/h3-4,7,16-17H,5-6,9,15H2,1-2H3. The number of methoxy groups -OCH3 is 1. The number of nitrogens with two attached hydrogens (primary N) is 1. The lowest BCUT2D eigenvalue weighted by molar-refractivity contribution is 0.0292. The quantitative estimate of drug-likeness (QED) is 0.618. The molecule has 0 radical (unpaired) electrons. The number of rotatable bonds is 7. The van der Waals surface area contributed by atoms with Crippen LogP contribution in [0.15, 0.2) is 23.1 Å². The zero-order valence-electron chi connectivity index (χ0n) is 12.0. The third-order valence-corrected chi connectivity index (χ3v) is 4.36. The molecule has 1 aromatic carbocycles. The van der Waals surface area contributed by atoms with E-state index in [9.17, 15) is 13.5 Å².